The Morgan fingerprint density at radius 2 is 1.75 bits per heavy atom. The maximum absolute atomic E-state index is 14.5. The van der Waals surface area contributed by atoms with E-state index in [2.05, 4.69) is 15.4 Å². The van der Waals surface area contributed by atoms with Crippen molar-refractivity contribution >= 4 is 63.1 Å². The van der Waals surface area contributed by atoms with E-state index in [0.717, 1.165) is 0 Å². The van der Waals surface area contributed by atoms with Gasteiger partial charge in [0.1, 0.15) is 35.1 Å². The van der Waals surface area contributed by atoms with Crippen LogP contribution in [0.2, 0.25) is 10.0 Å². The Balaban J connectivity index is 1.26. The molecule has 5 amide bonds. The summed E-state index contributed by atoms with van der Waals surface area (Å²) in [6, 6.07) is 6.64. The van der Waals surface area contributed by atoms with E-state index in [0.29, 0.717) is 36.8 Å². The van der Waals surface area contributed by atoms with Crippen LogP contribution in [-0.4, -0.2) is 84.0 Å². The molecule has 308 valence electrons. The zero-order chi connectivity index (χ0) is 41.3. The molecule has 14 nitrogen and oxygen atoms in total. The van der Waals surface area contributed by atoms with Crippen molar-refractivity contribution in [3.63, 3.8) is 0 Å². The van der Waals surface area contributed by atoms with Gasteiger partial charge >= 0.3 is 12.2 Å². The third-order valence-corrected chi connectivity index (χ3v) is 12.3. The summed E-state index contributed by atoms with van der Waals surface area (Å²) in [5.41, 5.74) is -1.47. The molecule has 18 heteroatoms. The second kappa shape index (κ2) is 16.8. The van der Waals surface area contributed by atoms with Crippen LogP contribution in [-0.2, 0) is 52.7 Å². The topological polar surface area (TPSA) is 181 Å². The average molecular weight is 851 g/mol. The van der Waals surface area contributed by atoms with Gasteiger partial charge in [0, 0.05) is 40.1 Å². The predicted molar refractivity (Wildman–Crippen MR) is 208 cm³/mol. The molecule has 3 heterocycles. The molecule has 2 aromatic rings. The Morgan fingerprint density at radius 1 is 1.04 bits per heavy atom. The summed E-state index contributed by atoms with van der Waals surface area (Å²) in [7, 11) is -4.38. The van der Waals surface area contributed by atoms with Gasteiger partial charge in [-0.3, -0.25) is 24.0 Å². The van der Waals surface area contributed by atoms with Gasteiger partial charge in [0.05, 0.1) is 18.8 Å². The number of alkyl carbamates (subject to hydrolysis) is 1. The maximum Gasteiger partial charge on any atom is 0.410 e. The fraction of sp³-hybridized carbons (Fsp3) is 0.513. The summed E-state index contributed by atoms with van der Waals surface area (Å²) >= 11 is 12.4. The van der Waals surface area contributed by atoms with E-state index in [1.54, 1.807) is 45.0 Å². The highest BCUT2D eigenvalue weighted by molar-refractivity contribution is 7.89. The van der Waals surface area contributed by atoms with Crippen LogP contribution in [0, 0.1) is 11.7 Å². The molecule has 1 saturated carbocycles. The van der Waals surface area contributed by atoms with Crippen LogP contribution in [0.5, 0.6) is 0 Å². The number of ether oxygens (including phenoxy) is 2. The number of carbonyl (C=O) groups is 5. The number of sulfonamides is 1. The molecule has 6 rings (SSSR count). The van der Waals surface area contributed by atoms with Crippen molar-refractivity contribution in [2.75, 3.05) is 6.54 Å². The first-order valence-electron chi connectivity index (χ1n) is 18.8. The zero-order valence-electron chi connectivity index (χ0n) is 31.8. The lowest BCUT2D eigenvalue weighted by Gasteiger charge is -2.30. The Hall–Kier alpha value is -4.41. The highest BCUT2D eigenvalue weighted by atomic mass is 35.5. The van der Waals surface area contributed by atoms with Gasteiger partial charge < -0.3 is 25.0 Å². The van der Waals surface area contributed by atoms with Gasteiger partial charge in [-0.1, -0.05) is 66.4 Å². The molecule has 3 N–H and O–H groups in total. The number of rotatable bonds is 6. The van der Waals surface area contributed by atoms with Gasteiger partial charge in [0.15, 0.2) is 0 Å². The van der Waals surface area contributed by atoms with Crippen LogP contribution in [0.4, 0.5) is 14.0 Å². The number of nitrogens with one attached hydrogen (secondary N) is 3. The molecule has 57 heavy (non-hydrogen) atoms. The van der Waals surface area contributed by atoms with Crippen LogP contribution in [0.3, 0.4) is 0 Å². The van der Waals surface area contributed by atoms with E-state index >= 15 is 0 Å². The first-order chi connectivity index (χ1) is 26.9. The molecule has 3 aliphatic heterocycles. The predicted octanol–water partition coefficient (Wildman–Crippen LogP) is 5.49. The van der Waals surface area contributed by atoms with Gasteiger partial charge in [0.25, 0.3) is 5.91 Å². The first kappa shape index (κ1) is 42.2. The molecule has 2 aromatic carbocycles. The molecule has 1 aliphatic carbocycles. The SMILES string of the molecule is CC(C)(C)OC(=O)N[C@H]1CCCCCC=C[C@@H]2C[C@@]2(C(=O)NS(=O)(=O)Cc2c(Cl)cccc2Cl)NC(=O)[C@@H]2C[C@@H](OC(=O)N3Cc4cccc(F)c4C3)CN2C1=O. The molecular weight excluding hydrogens is 804 g/mol. The number of carbonyl (C=O) groups excluding carboxylic acids is 5. The minimum Gasteiger partial charge on any atom is -0.444 e. The lowest BCUT2D eigenvalue weighted by atomic mass is 10.0. The van der Waals surface area contributed by atoms with Crippen LogP contribution in [0.15, 0.2) is 48.6 Å². The normalized spacial score (nSPS) is 25.2. The van der Waals surface area contributed by atoms with Crippen molar-refractivity contribution in [1.82, 2.24) is 25.2 Å². The highest BCUT2D eigenvalue weighted by Gasteiger charge is 2.61. The third kappa shape index (κ3) is 10.0. The molecule has 0 aromatic heterocycles. The lowest BCUT2D eigenvalue weighted by molar-refractivity contribution is -0.141. The fourth-order valence-corrected chi connectivity index (χ4v) is 9.39. The van der Waals surface area contributed by atoms with E-state index in [1.807, 2.05) is 6.08 Å². The van der Waals surface area contributed by atoms with Crippen LogP contribution in [0.1, 0.15) is 82.4 Å². The standard InChI is InChI=1S/C39H46Cl2FN5O9S/c1-38(2,3)56-36(51)43-31-16-8-6-4-5-7-12-24-18-39(24,35(50)45-57(53,54)22-27-28(40)13-10-14-29(27)41)44-33(48)32-17-25(20-47(32)34(31)49)55-37(52)46-19-23-11-9-15-30(42)26(23)21-46/h7,9-15,24-25,31-32H,4-6,8,16-22H2,1-3H3,(H,43,51)(H,44,48)(H,45,50)/t24-,25-,31+,32+,39-/m1/s1. The maximum atomic E-state index is 14.5. The number of amides is 5. The summed E-state index contributed by atoms with van der Waals surface area (Å²) in [5.74, 6) is -4.15. The van der Waals surface area contributed by atoms with Gasteiger partial charge in [0.2, 0.25) is 21.8 Å². The minimum absolute atomic E-state index is 0.0276. The summed E-state index contributed by atoms with van der Waals surface area (Å²) in [6.45, 7) is 4.88. The quantitative estimate of drug-likeness (QED) is 0.317. The summed E-state index contributed by atoms with van der Waals surface area (Å²) in [4.78, 5) is 71.6. The van der Waals surface area contributed by atoms with Gasteiger partial charge in [-0.15, -0.1) is 0 Å². The van der Waals surface area contributed by atoms with Crippen molar-refractivity contribution in [2.24, 2.45) is 5.92 Å². The number of nitrogens with zero attached hydrogens (tertiary/aromatic N) is 2. The summed E-state index contributed by atoms with van der Waals surface area (Å²) < 4.78 is 54.5. The van der Waals surface area contributed by atoms with Crippen molar-refractivity contribution in [1.29, 1.82) is 0 Å². The van der Waals surface area contributed by atoms with Crippen molar-refractivity contribution in [2.45, 2.75) is 114 Å². The smallest absolute Gasteiger partial charge is 0.410 e. The fourth-order valence-electron chi connectivity index (χ4n) is 7.47. The van der Waals surface area contributed by atoms with Crippen LogP contribution >= 0.6 is 23.2 Å². The van der Waals surface area contributed by atoms with E-state index in [1.165, 1.54) is 28.0 Å². The van der Waals surface area contributed by atoms with Gasteiger partial charge in [-0.2, -0.15) is 0 Å². The molecule has 2 fully saturated rings. The van der Waals surface area contributed by atoms with Gasteiger partial charge in [-0.05, 0) is 70.2 Å². The molecular formula is C39H46Cl2FN5O9S. The van der Waals surface area contributed by atoms with Gasteiger partial charge in [-0.25, -0.2) is 22.4 Å². The van der Waals surface area contributed by atoms with Crippen LogP contribution in [0.25, 0.3) is 0 Å². The Labute approximate surface area is 340 Å². The number of benzene rings is 2. The molecule has 4 aliphatic rings. The zero-order valence-corrected chi connectivity index (χ0v) is 34.1. The van der Waals surface area contributed by atoms with Crippen molar-refractivity contribution in [3.8, 4) is 0 Å². The molecule has 0 bridgehead atoms. The third-order valence-electron chi connectivity index (χ3n) is 10.4. The Kier molecular flexibility index (Phi) is 12.5. The lowest BCUT2D eigenvalue weighted by Crippen LogP contribution is -2.58. The summed E-state index contributed by atoms with van der Waals surface area (Å²) in [5, 5.41) is 5.60. The minimum atomic E-state index is -4.38. The second-order valence-corrected chi connectivity index (χ2v) is 18.4. The number of allylic oxidation sites excluding steroid dienone is 1. The van der Waals surface area contributed by atoms with Crippen LogP contribution < -0.4 is 15.4 Å². The monoisotopic (exact) mass is 849 g/mol. The molecule has 1 saturated heterocycles. The Bertz CT molecular complexity index is 2060. The summed E-state index contributed by atoms with van der Waals surface area (Å²) in [6.07, 6.45) is 3.67. The Morgan fingerprint density at radius 3 is 2.46 bits per heavy atom. The number of fused-ring (bicyclic) bond motifs is 3. The van der Waals surface area contributed by atoms with E-state index in [9.17, 15) is 36.8 Å². The van der Waals surface area contributed by atoms with Crippen molar-refractivity contribution in [3.05, 3.63) is 81.1 Å². The van der Waals surface area contributed by atoms with E-state index < -0.39 is 86.7 Å². The number of hydrogen-bond donors (Lipinski definition) is 3. The van der Waals surface area contributed by atoms with E-state index in [4.69, 9.17) is 32.7 Å². The molecule has 5 atom stereocenters. The number of halogens is 3. The largest absolute Gasteiger partial charge is 0.444 e. The molecule has 0 spiro atoms. The van der Waals surface area contributed by atoms with Crippen molar-refractivity contribution < 1.29 is 46.3 Å². The average Bonchev–Trinajstić information content (AvgIpc) is 3.40. The van der Waals surface area contributed by atoms with E-state index in [-0.39, 0.29) is 54.5 Å². The molecule has 0 unspecified atom stereocenters. The number of hydrogen-bond acceptors (Lipinski definition) is 9. The first-order valence-corrected chi connectivity index (χ1v) is 21.2. The molecule has 0 radical (unpaired) electrons. The second-order valence-electron chi connectivity index (χ2n) is 15.9. The highest BCUT2D eigenvalue weighted by Crippen LogP contribution is 2.46.